The van der Waals surface area contributed by atoms with Gasteiger partial charge in [0.05, 0.1) is 6.04 Å². The summed E-state index contributed by atoms with van der Waals surface area (Å²) >= 11 is 6.10. The van der Waals surface area contributed by atoms with Crippen molar-refractivity contribution in [1.29, 1.82) is 0 Å². The highest BCUT2D eigenvalue weighted by Crippen LogP contribution is 2.21. The lowest BCUT2D eigenvalue weighted by Gasteiger charge is -2.16. The van der Waals surface area contributed by atoms with Crippen LogP contribution in [0.3, 0.4) is 0 Å². The van der Waals surface area contributed by atoms with E-state index in [0.717, 1.165) is 11.1 Å². The molecule has 0 aromatic heterocycles. The molecule has 0 aliphatic heterocycles. The molecular formula is C16H17ClN2O. The van der Waals surface area contributed by atoms with Crippen LogP contribution in [0.4, 0.5) is 4.79 Å². The third-order valence-electron chi connectivity index (χ3n) is 3.02. The number of halogens is 1. The van der Waals surface area contributed by atoms with Crippen molar-refractivity contribution >= 4 is 17.6 Å². The minimum absolute atomic E-state index is 0.139. The maximum absolute atomic E-state index is 11.8. The van der Waals surface area contributed by atoms with Crippen molar-refractivity contribution in [3.8, 4) is 0 Å². The Morgan fingerprint density at radius 2 is 1.75 bits per heavy atom. The van der Waals surface area contributed by atoms with Gasteiger partial charge in [0, 0.05) is 11.6 Å². The molecule has 0 bridgehead atoms. The predicted octanol–water partition coefficient (Wildman–Crippen LogP) is 3.90. The Bertz CT molecular complexity index is 572. The maximum atomic E-state index is 11.8. The van der Waals surface area contributed by atoms with Crippen molar-refractivity contribution < 1.29 is 4.79 Å². The minimum atomic E-state index is -0.207. The molecule has 104 valence electrons. The molecule has 2 N–H and O–H groups in total. The quantitative estimate of drug-likeness (QED) is 0.880. The highest BCUT2D eigenvalue weighted by molar-refractivity contribution is 6.31. The van der Waals surface area contributed by atoms with Crippen LogP contribution >= 0.6 is 11.6 Å². The Hall–Kier alpha value is -2.00. The van der Waals surface area contributed by atoms with Gasteiger partial charge in [0.15, 0.2) is 0 Å². The van der Waals surface area contributed by atoms with E-state index in [-0.39, 0.29) is 12.1 Å². The fraction of sp³-hybridized carbons (Fsp3) is 0.188. The zero-order valence-corrected chi connectivity index (χ0v) is 12.0. The normalized spacial score (nSPS) is 11.7. The Labute approximate surface area is 124 Å². The molecule has 0 aliphatic rings. The molecule has 0 aliphatic carbocycles. The number of amides is 2. The van der Waals surface area contributed by atoms with Gasteiger partial charge in [-0.25, -0.2) is 4.79 Å². The second-order valence-corrected chi connectivity index (χ2v) is 4.96. The largest absolute Gasteiger partial charge is 0.334 e. The number of carbonyl (C=O) groups is 1. The standard InChI is InChI=1S/C16H17ClN2O/c1-12(14-9-5-6-10-15(14)17)19-16(20)18-11-13-7-3-2-4-8-13/h2-10,12H,11H2,1H3,(H2,18,19,20)/t12-/m0/s1. The highest BCUT2D eigenvalue weighted by Gasteiger charge is 2.11. The Morgan fingerprint density at radius 3 is 2.45 bits per heavy atom. The Balaban J connectivity index is 1.87. The molecule has 2 aromatic carbocycles. The van der Waals surface area contributed by atoms with Gasteiger partial charge in [0.25, 0.3) is 0 Å². The van der Waals surface area contributed by atoms with Crippen molar-refractivity contribution in [2.45, 2.75) is 19.5 Å². The van der Waals surface area contributed by atoms with Crippen LogP contribution < -0.4 is 10.6 Å². The van der Waals surface area contributed by atoms with E-state index in [1.807, 2.05) is 61.5 Å². The van der Waals surface area contributed by atoms with Crippen LogP contribution in [0, 0.1) is 0 Å². The lowest BCUT2D eigenvalue weighted by Crippen LogP contribution is -2.36. The molecule has 2 rings (SSSR count). The molecule has 2 amide bonds. The van der Waals surface area contributed by atoms with Crippen molar-refractivity contribution in [3.05, 3.63) is 70.7 Å². The zero-order chi connectivity index (χ0) is 14.4. The fourth-order valence-corrected chi connectivity index (χ4v) is 2.23. The smallest absolute Gasteiger partial charge is 0.315 e. The van der Waals surface area contributed by atoms with Crippen molar-refractivity contribution in [1.82, 2.24) is 10.6 Å². The van der Waals surface area contributed by atoms with Crippen molar-refractivity contribution in [3.63, 3.8) is 0 Å². The van der Waals surface area contributed by atoms with Gasteiger partial charge in [0.1, 0.15) is 0 Å². The van der Waals surface area contributed by atoms with E-state index >= 15 is 0 Å². The Kier molecular flexibility index (Phi) is 5.02. The van der Waals surface area contributed by atoms with Crippen LogP contribution in [-0.2, 0) is 6.54 Å². The summed E-state index contributed by atoms with van der Waals surface area (Å²) < 4.78 is 0. The SMILES string of the molecule is C[C@H](NC(=O)NCc1ccccc1)c1ccccc1Cl. The summed E-state index contributed by atoms with van der Waals surface area (Å²) in [6.07, 6.45) is 0. The molecule has 0 unspecified atom stereocenters. The van der Waals surface area contributed by atoms with Gasteiger partial charge in [0.2, 0.25) is 0 Å². The van der Waals surface area contributed by atoms with Crippen LogP contribution in [0.2, 0.25) is 5.02 Å². The Morgan fingerprint density at radius 1 is 1.10 bits per heavy atom. The fourth-order valence-electron chi connectivity index (χ4n) is 1.93. The number of rotatable bonds is 4. The molecule has 0 fully saturated rings. The first-order chi connectivity index (χ1) is 9.66. The number of benzene rings is 2. The summed E-state index contributed by atoms with van der Waals surface area (Å²) in [5.41, 5.74) is 1.97. The van der Waals surface area contributed by atoms with Gasteiger partial charge < -0.3 is 10.6 Å². The summed E-state index contributed by atoms with van der Waals surface area (Å²) in [6, 6.07) is 16.9. The summed E-state index contributed by atoms with van der Waals surface area (Å²) in [4.78, 5) is 11.8. The van der Waals surface area contributed by atoms with E-state index < -0.39 is 0 Å². The van der Waals surface area contributed by atoms with Gasteiger partial charge in [-0.3, -0.25) is 0 Å². The van der Waals surface area contributed by atoms with E-state index in [9.17, 15) is 4.79 Å². The van der Waals surface area contributed by atoms with Gasteiger partial charge in [-0.05, 0) is 24.1 Å². The topological polar surface area (TPSA) is 41.1 Å². The van der Waals surface area contributed by atoms with E-state index in [0.29, 0.717) is 11.6 Å². The highest BCUT2D eigenvalue weighted by atomic mass is 35.5. The lowest BCUT2D eigenvalue weighted by molar-refractivity contribution is 0.237. The molecular weight excluding hydrogens is 272 g/mol. The summed E-state index contributed by atoms with van der Waals surface area (Å²) in [6.45, 7) is 2.41. The number of hydrogen-bond acceptors (Lipinski definition) is 1. The second-order valence-electron chi connectivity index (χ2n) is 4.56. The molecule has 3 nitrogen and oxygen atoms in total. The average Bonchev–Trinajstić information content (AvgIpc) is 2.46. The summed E-state index contributed by atoms with van der Waals surface area (Å²) in [5.74, 6) is 0. The molecule has 20 heavy (non-hydrogen) atoms. The third-order valence-corrected chi connectivity index (χ3v) is 3.36. The molecule has 0 radical (unpaired) electrons. The first-order valence-electron chi connectivity index (χ1n) is 6.49. The first kappa shape index (κ1) is 14.4. The van der Waals surface area contributed by atoms with Crippen LogP contribution in [0.5, 0.6) is 0 Å². The van der Waals surface area contributed by atoms with Gasteiger partial charge in [-0.15, -0.1) is 0 Å². The van der Waals surface area contributed by atoms with Crippen LogP contribution in [0.25, 0.3) is 0 Å². The van der Waals surface area contributed by atoms with Crippen LogP contribution in [-0.4, -0.2) is 6.03 Å². The molecule has 2 aromatic rings. The van der Waals surface area contributed by atoms with Crippen molar-refractivity contribution in [2.75, 3.05) is 0 Å². The van der Waals surface area contributed by atoms with Gasteiger partial charge in [-0.1, -0.05) is 60.1 Å². The van der Waals surface area contributed by atoms with Crippen LogP contribution in [0.1, 0.15) is 24.1 Å². The van der Waals surface area contributed by atoms with E-state index in [2.05, 4.69) is 10.6 Å². The van der Waals surface area contributed by atoms with Crippen molar-refractivity contribution in [2.24, 2.45) is 0 Å². The predicted molar refractivity (Wildman–Crippen MR) is 81.7 cm³/mol. The van der Waals surface area contributed by atoms with E-state index in [4.69, 9.17) is 11.6 Å². The molecule has 1 atom stereocenters. The monoisotopic (exact) mass is 288 g/mol. The molecule has 0 saturated carbocycles. The number of carbonyl (C=O) groups excluding carboxylic acids is 1. The first-order valence-corrected chi connectivity index (χ1v) is 6.87. The minimum Gasteiger partial charge on any atom is -0.334 e. The summed E-state index contributed by atoms with van der Waals surface area (Å²) in [7, 11) is 0. The van der Waals surface area contributed by atoms with Crippen LogP contribution in [0.15, 0.2) is 54.6 Å². The molecule has 0 spiro atoms. The number of nitrogens with one attached hydrogen (secondary N) is 2. The van der Waals surface area contributed by atoms with E-state index in [1.54, 1.807) is 0 Å². The second kappa shape index (κ2) is 6.96. The lowest BCUT2D eigenvalue weighted by atomic mass is 10.1. The third kappa shape index (κ3) is 4.00. The summed E-state index contributed by atoms with van der Waals surface area (Å²) in [5, 5.41) is 6.35. The molecule has 0 heterocycles. The number of hydrogen-bond donors (Lipinski definition) is 2. The van der Waals surface area contributed by atoms with Gasteiger partial charge in [-0.2, -0.15) is 0 Å². The van der Waals surface area contributed by atoms with E-state index in [1.165, 1.54) is 0 Å². The maximum Gasteiger partial charge on any atom is 0.315 e. The van der Waals surface area contributed by atoms with Gasteiger partial charge >= 0.3 is 6.03 Å². The molecule has 4 heteroatoms. The molecule has 0 saturated heterocycles. The number of urea groups is 1. The zero-order valence-electron chi connectivity index (χ0n) is 11.3. The average molecular weight is 289 g/mol.